The Morgan fingerprint density at radius 1 is 1.21 bits per heavy atom. The zero-order valence-electron chi connectivity index (χ0n) is 21.6. The van der Waals surface area contributed by atoms with E-state index < -0.39 is 87.4 Å². The number of carbonyl (C=O) groups excluding carboxylic acids is 5. The van der Waals surface area contributed by atoms with Crippen LogP contribution < -0.4 is 11.1 Å². The fourth-order valence-corrected chi connectivity index (χ4v) is 6.14. The van der Waals surface area contributed by atoms with E-state index in [2.05, 4.69) is 5.32 Å². The molecule has 0 aromatic heterocycles. The Kier molecular flexibility index (Phi) is 6.77. The van der Waals surface area contributed by atoms with Gasteiger partial charge in [-0.05, 0) is 31.6 Å². The molecule has 208 valence electrons. The number of rotatable bonds is 6. The number of nitrogens with one attached hydrogen (secondary N) is 1. The molecule has 0 radical (unpaired) electrons. The second-order valence-corrected chi connectivity index (χ2v) is 10.1. The number of Topliss-reactive ketones (excluding diaryl/α,β-unsaturated/α-hetero) is 2. The number of aliphatic hydroxyl groups excluding tert-OH is 2. The number of benzene rings is 1. The van der Waals surface area contributed by atoms with Crippen LogP contribution in [0.2, 0.25) is 0 Å². The average Bonchev–Trinajstić information content (AvgIpc) is 2.86. The number of phenols is 1. The molecule has 0 aliphatic heterocycles. The fourth-order valence-electron chi connectivity index (χ4n) is 6.14. The molecule has 1 aromatic carbocycles. The first-order chi connectivity index (χ1) is 18.2. The highest BCUT2D eigenvalue weighted by Crippen LogP contribution is 2.57. The Morgan fingerprint density at radius 3 is 2.38 bits per heavy atom. The molecule has 7 N–H and O–H groups in total. The topological polar surface area (TPSA) is 217 Å². The van der Waals surface area contributed by atoms with Crippen molar-refractivity contribution in [1.82, 2.24) is 4.90 Å². The molecule has 0 heterocycles. The number of likely N-dealkylation sites (N-methyl/N-ethyl adjacent to an activating group) is 1. The number of fused-ring (bicyclic) bond motifs is 3. The zero-order valence-corrected chi connectivity index (χ0v) is 21.6. The number of phenolic OH excluding ortho intramolecular Hbond substituents is 1. The summed E-state index contributed by atoms with van der Waals surface area (Å²) >= 11 is 0. The number of ether oxygens (including phenoxy) is 1. The summed E-state index contributed by atoms with van der Waals surface area (Å²) in [6.45, 7) is 3.14. The molecular formula is C26H29N3O10. The molecule has 2 amide bonds. The van der Waals surface area contributed by atoms with Crippen molar-refractivity contribution in [2.45, 2.75) is 43.9 Å². The summed E-state index contributed by atoms with van der Waals surface area (Å²) in [6.07, 6.45) is -1.29. The maximum Gasteiger partial charge on any atom is 0.305 e. The number of hydrogen-bond donors (Lipinski definition) is 6. The van der Waals surface area contributed by atoms with E-state index in [1.165, 1.54) is 38.1 Å². The number of esters is 1. The van der Waals surface area contributed by atoms with Gasteiger partial charge in [0, 0.05) is 17.9 Å². The van der Waals surface area contributed by atoms with Crippen LogP contribution in [0.1, 0.15) is 37.3 Å². The number of anilines is 1. The summed E-state index contributed by atoms with van der Waals surface area (Å²) in [4.78, 5) is 64.7. The molecule has 1 aromatic rings. The van der Waals surface area contributed by atoms with E-state index in [4.69, 9.17) is 10.5 Å². The van der Waals surface area contributed by atoms with Gasteiger partial charge >= 0.3 is 5.97 Å². The molecule has 0 saturated heterocycles. The average molecular weight is 544 g/mol. The van der Waals surface area contributed by atoms with Gasteiger partial charge in [-0.3, -0.25) is 28.9 Å². The number of aliphatic hydroxyl groups is 3. The van der Waals surface area contributed by atoms with Crippen molar-refractivity contribution < 1.29 is 49.1 Å². The first kappa shape index (κ1) is 27.8. The van der Waals surface area contributed by atoms with Gasteiger partial charge < -0.3 is 36.2 Å². The summed E-state index contributed by atoms with van der Waals surface area (Å²) in [5.41, 5.74) is 0.871. The van der Waals surface area contributed by atoms with Gasteiger partial charge in [-0.25, -0.2) is 0 Å². The number of ketones is 2. The molecule has 0 unspecified atom stereocenters. The number of aromatic hydroxyl groups is 1. The minimum Gasteiger partial charge on any atom is -0.508 e. The number of nitrogens with zero attached hydrogens (tertiary/aromatic N) is 1. The molecule has 13 nitrogen and oxygen atoms in total. The second-order valence-electron chi connectivity index (χ2n) is 10.1. The minimum absolute atomic E-state index is 0.0787. The Labute approximate surface area is 222 Å². The van der Waals surface area contributed by atoms with Gasteiger partial charge in [0.05, 0.1) is 23.2 Å². The fraction of sp³-hybridized carbons (Fsp3) is 0.423. The molecule has 0 spiro atoms. The predicted octanol–water partition coefficient (Wildman–Crippen LogP) is 0.0250. The van der Waals surface area contributed by atoms with Crippen LogP contribution >= 0.6 is 0 Å². The summed E-state index contributed by atoms with van der Waals surface area (Å²) < 4.78 is 5.75. The Morgan fingerprint density at radius 2 is 1.85 bits per heavy atom. The Bertz CT molecular complexity index is 1380. The third kappa shape index (κ3) is 3.72. The Balaban J connectivity index is 2.11. The molecule has 1 fully saturated rings. The van der Waals surface area contributed by atoms with Crippen molar-refractivity contribution in [3.63, 3.8) is 0 Å². The minimum atomic E-state index is -3.02. The van der Waals surface area contributed by atoms with Gasteiger partial charge in [0.15, 0.2) is 11.4 Å². The third-order valence-electron chi connectivity index (χ3n) is 7.87. The number of primary amides is 1. The van der Waals surface area contributed by atoms with E-state index in [0.29, 0.717) is 12.0 Å². The van der Waals surface area contributed by atoms with Crippen molar-refractivity contribution in [2.24, 2.45) is 17.6 Å². The van der Waals surface area contributed by atoms with E-state index in [1.807, 2.05) is 0 Å². The van der Waals surface area contributed by atoms with Crippen LogP contribution in [0.4, 0.5) is 5.69 Å². The lowest BCUT2D eigenvalue weighted by Crippen LogP contribution is -2.71. The second kappa shape index (κ2) is 9.50. The lowest BCUT2D eigenvalue weighted by Gasteiger charge is -2.54. The van der Waals surface area contributed by atoms with E-state index in [-0.39, 0.29) is 17.7 Å². The van der Waals surface area contributed by atoms with Crippen LogP contribution in [0.15, 0.2) is 29.0 Å². The van der Waals surface area contributed by atoms with Gasteiger partial charge in [0.2, 0.25) is 12.2 Å². The Hall–Kier alpha value is -4.23. The van der Waals surface area contributed by atoms with Crippen LogP contribution in [0.25, 0.3) is 5.76 Å². The maximum atomic E-state index is 14.1. The van der Waals surface area contributed by atoms with Gasteiger partial charge in [-0.2, -0.15) is 0 Å². The van der Waals surface area contributed by atoms with Crippen LogP contribution in [0, 0.1) is 11.8 Å². The molecule has 3 aliphatic rings. The van der Waals surface area contributed by atoms with Gasteiger partial charge in [0.25, 0.3) is 5.91 Å². The van der Waals surface area contributed by atoms with Crippen LogP contribution in [-0.4, -0.2) is 87.0 Å². The molecule has 1 saturated carbocycles. The highest BCUT2D eigenvalue weighted by Gasteiger charge is 2.69. The molecule has 4 rings (SSSR count). The molecule has 6 atom stereocenters. The predicted molar refractivity (Wildman–Crippen MR) is 134 cm³/mol. The molecule has 0 bridgehead atoms. The third-order valence-corrected chi connectivity index (χ3v) is 7.87. The van der Waals surface area contributed by atoms with E-state index in [0.717, 1.165) is 0 Å². The van der Waals surface area contributed by atoms with Gasteiger partial charge in [-0.1, -0.05) is 19.9 Å². The summed E-state index contributed by atoms with van der Waals surface area (Å²) in [7, 11) is 2.88. The number of amides is 2. The van der Waals surface area contributed by atoms with E-state index in [1.54, 1.807) is 6.92 Å². The first-order valence-corrected chi connectivity index (χ1v) is 12.2. The molecule has 13 heteroatoms. The lowest BCUT2D eigenvalue weighted by atomic mass is 9.54. The van der Waals surface area contributed by atoms with Crippen molar-refractivity contribution in [1.29, 1.82) is 0 Å². The number of carbonyl (C=O) groups is 5. The van der Waals surface area contributed by atoms with Gasteiger partial charge in [-0.15, -0.1) is 0 Å². The largest absolute Gasteiger partial charge is 0.508 e. The van der Waals surface area contributed by atoms with Crippen molar-refractivity contribution in [3.05, 3.63) is 40.2 Å². The zero-order chi connectivity index (χ0) is 29.1. The SMILES string of the molecule is CCC(=O)O[C@H]1[C@H]2C(=C(O)c3c(ccc(NC=O)c3O)[C@@H]2C)C(=O)[C@]2(O)C(O)=C(C(N)=O)C(=O)[C@@H](N(C)C)[C@H]12. The summed E-state index contributed by atoms with van der Waals surface area (Å²) in [5.74, 6) is -10.6. The van der Waals surface area contributed by atoms with E-state index in [9.17, 15) is 44.4 Å². The van der Waals surface area contributed by atoms with Gasteiger partial charge in [0.1, 0.15) is 28.9 Å². The standard InChI is InChI=1S/C26H29N3O10/c1-5-12(31)39-22-13-9(2)10-6-7-11(28-8-30)19(32)14(10)20(33)15(13)23(35)26(38)17(22)18(29(3)4)21(34)16(24(26)36)25(27)37/h6-9,13,17-18,22,32-33,36,38H,5H2,1-4H3,(H2,27,37)(H,28,30)/t9-,13+,17+,18-,22-,26-/m0/s1. The van der Waals surface area contributed by atoms with Crippen LogP contribution in [0.3, 0.4) is 0 Å². The monoisotopic (exact) mass is 543 g/mol. The summed E-state index contributed by atoms with van der Waals surface area (Å²) in [5, 5.41) is 47.5. The summed E-state index contributed by atoms with van der Waals surface area (Å²) in [6, 6.07) is 1.43. The van der Waals surface area contributed by atoms with E-state index >= 15 is 0 Å². The highest BCUT2D eigenvalue weighted by molar-refractivity contribution is 6.24. The van der Waals surface area contributed by atoms with Crippen LogP contribution in [-0.2, 0) is 28.7 Å². The van der Waals surface area contributed by atoms with Crippen molar-refractivity contribution >= 4 is 41.3 Å². The smallest absolute Gasteiger partial charge is 0.305 e. The number of nitrogens with two attached hydrogens (primary N) is 1. The van der Waals surface area contributed by atoms with Crippen molar-refractivity contribution in [3.8, 4) is 5.75 Å². The molecule has 39 heavy (non-hydrogen) atoms. The normalized spacial score (nSPS) is 29.9. The quantitative estimate of drug-likeness (QED) is 0.122. The highest BCUT2D eigenvalue weighted by atomic mass is 16.5. The van der Waals surface area contributed by atoms with Crippen LogP contribution in [0.5, 0.6) is 5.75 Å². The first-order valence-electron chi connectivity index (χ1n) is 12.2. The molecular weight excluding hydrogens is 514 g/mol. The lowest BCUT2D eigenvalue weighted by molar-refractivity contribution is -0.185. The maximum absolute atomic E-state index is 14.1. The number of hydrogen-bond acceptors (Lipinski definition) is 11. The molecule has 3 aliphatic carbocycles. The van der Waals surface area contributed by atoms with Crippen molar-refractivity contribution in [2.75, 3.05) is 19.4 Å².